The molecule has 1 fully saturated rings. The molecule has 3 aromatic rings. The van der Waals surface area contributed by atoms with Crippen molar-refractivity contribution in [3.8, 4) is 0 Å². The Kier molecular flexibility index (Phi) is 6.78. The summed E-state index contributed by atoms with van der Waals surface area (Å²) in [6, 6.07) is 2.32. The number of hydrogen-bond donors (Lipinski definition) is 3. The van der Waals surface area contributed by atoms with Crippen molar-refractivity contribution in [2.45, 2.75) is 51.6 Å². The van der Waals surface area contributed by atoms with Crippen LogP contribution in [0, 0.1) is 6.92 Å². The van der Waals surface area contributed by atoms with Crippen LogP contribution < -0.4 is 10.6 Å². The summed E-state index contributed by atoms with van der Waals surface area (Å²) in [4.78, 5) is 30.2. The Morgan fingerprint density at radius 1 is 1.35 bits per heavy atom. The molecule has 1 aromatic carbocycles. The molecule has 1 aliphatic rings. The number of aryl methyl sites for hydroxylation is 1. The number of rotatable bonds is 6. The molecule has 1 saturated heterocycles. The van der Waals surface area contributed by atoms with E-state index < -0.39 is 30.3 Å². The third kappa shape index (κ3) is 5.04. The summed E-state index contributed by atoms with van der Waals surface area (Å²) in [5, 5.41) is 14.4. The molecular weight excluding hydrogens is 504 g/mol. The van der Waals surface area contributed by atoms with Gasteiger partial charge in [-0.05, 0) is 36.1 Å². The zero-order chi connectivity index (χ0) is 27.3. The molecule has 4 rings (SSSR count). The molecule has 2 aromatic heterocycles. The van der Waals surface area contributed by atoms with Crippen molar-refractivity contribution < 1.29 is 18.4 Å². The van der Waals surface area contributed by atoms with Crippen molar-refractivity contribution >= 4 is 40.1 Å². The number of benzene rings is 1. The average Bonchev–Trinajstić information content (AvgIpc) is 3.42. The van der Waals surface area contributed by atoms with Crippen LogP contribution in [0.25, 0.3) is 10.9 Å². The molecule has 0 spiro atoms. The zero-order valence-electron chi connectivity index (χ0n) is 21.4. The Bertz CT molecular complexity index is 1390. The summed E-state index contributed by atoms with van der Waals surface area (Å²) >= 11 is 6.46. The standard InChI is InChI=1S/C25H30ClF2N7O2/c1-7-20(36)35-11-18(25(27,28)12-35)31-23(37)21-13(2)30-19(34(21)6)10-29-22-14-8-15(24(3,4)5)16(26)9-17(14)32-33-22/h7-9,18H,1,10-12H2,2-6H3,(H,31,37)(H2,29,32,33). The SMILES string of the molecule is C=CC(=O)N1CC(NC(=O)c2c(C)nc(CNc3n[nH]c4cc(Cl)c(C(C)(C)C)cc34)n2C)C(F)(F)C1. The Hall–Kier alpha value is -3.47. The number of aromatic amines is 1. The topological polar surface area (TPSA) is 108 Å². The van der Waals surface area contributed by atoms with E-state index in [1.54, 1.807) is 18.5 Å². The number of halogens is 3. The first-order valence-corrected chi connectivity index (χ1v) is 12.1. The molecule has 1 atom stereocenters. The third-order valence-corrected chi connectivity index (χ3v) is 6.87. The van der Waals surface area contributed by atoms with E-state index in [1.807, 2.05) is 12.1 Å². The summed E-state index contributed by atoms with van der Waals surface area (Å²) in [6.07, 6.45) is 0.978. The first-order chi connectivity index (χ1) is 17.2. The molecule has 0 bridgehead atoms. The van der Waals surface area contributed by atoms with Crippen LogP contribution in [0.15, 0.2) is 24.8 Å². The van der Waals surface area contributed by atoms with Gasteiger partial charge >= 0.3 is 0 Å². The van der Waals surface area contributed by atoms with Gasteiger partial charge < -0.3 is 20.1 Å². The van der Waals surface area contributed by atoms with E-state index >= 15 is 0 Å². The molecular formula is C25H30ClF2N7O2. The van der Waals surface area contributed by atoms with Gasteiger partial charge in [0.2, 0.25) is 5.91 Å². The van der Waals surface area contributed by atoms with Gasteiger partial charge in [-0.15, -0.1) is 0 Å². The Morgan fingerprint density at radius 3 is 2.70 bits per heavy atom. The Morgan fingerprint density at radius 2 is 2.05 bits per heavy atom. The summed E-state index contributed by atoms with van der Waals surface area (Å²) in [7, 11) is 1.65. The van der Waals surface area contributed by atoms with E-state index in [2.05, 4.69) is 53.2 Å². The summed E-state index contributed by atoms with van der Waals surface area (Å²) in [5.74, 6) is -3.44. The van der Waals surface area contributed by atoms with Crippen LogP contribution in [0.3, 0.4) is 0 Å². The number of amides is 2. The molecule has 0 saturated carbocycles. The first-order valence-electron chi connectivity index (χ1n) is 11.8. The minimum Gasteiger partial charge on any atom is -0.361 e. The minimum absolute atomic E-state index is 0.162. The number of nitrogens with zero attached hydrogens (tertiary/aromatic N) is 4. The van der Waals surface area contributed by atoms with Crippen molar-refractivity contribution in [1.82, 2.24) is 30.0 Å². The van der Waals surface area contributed by atoms with Crippen molar-refractivity contribution in [2.75, 3.05) is 18.4 Å². The van der Waals surface area contributed by atoms with Gasteiger partial charge in [-0.25, -0.2) is 13.8 Å². The average molecular weight is 534 g/mol. The fourth-order valence-corrected chi connectivity index (χ4v) is 4.98. The molecule has 3 N–H and O–H groups in total. The van der Waals surface area contributed by atoms with Crippen LogP contribution >= 0.6 is 11.6 Å². The maximum Gasteiger partial charge on any atom is 0.286 e. The lowest BCUT2D eigenvalue weighted by atomic mass is 9.86. The maximum atomic E-state index is 14.5. The van der Waals surface area contributed by atoms with E-state index in [1.165, 1.54) is 0 Å². The summed E-state index contributed by atoms with van der Waals surface area (Å²) < 4.78 is 30.5. The van der Waals surface area contributed by atoms with Gasteiger partial charge in [0.1, 0.15) is 17.6 Å². The number of alkyl halides is 2. The number of likely N-dealkylation sites (tertiary alicyclic amines) is 1. The predicted molar refractivity (Wildman–Crippen MR) is 138 cm³/mol. The van der Waals surface area contributed by atoms with Crippen LogP contribution in [0.5, 0.6) is 0 Å². The highest BCUT2D eigenvalue weighted by Crippen LogP contribution is 2.35. The number of imidazole rings is 1. The summed E-state index contributed by atoms with van der Waals surface area (Å²) in [5.41, 5.74) is 2.15. The minimum atomic E-state index is -3.26. The van der Waals surface area contributed by atoms with E-state index in [-0.39, 0.29) is 24.2 Å². The van der Waals surface area contributed by atoms with Crippen molar-refractivity contribution in [3.05, 3.63) is 52.6 Å². The molecule has 12 heteroatoms. The van der Waals surface area contributed by atoms with Crippen molar-refractivity contribution in [1.29, 1.82) is 0 Å². The molecule has 1 unspecified atom stereocenters. The Labute approximate surface area is 218 Å². The molecule has 9 nitrogen and oxygen atoms in total. The quantitative estimate of drug-likeness (QED) is 0.416. The van der Waals surface area contributed by atoms with E-state index in [9.17, 15) is 18.4 Å². The van der Waals surface area contributed by atoms with Crippen LogP contribution in [-0.4, -0.2) is 61.5 Å². The second kappa shape index (κ2) is 9.44. The highest BCUT2D eigenvalue weighted by molar-refractivity contribution is 6.32. The molecule has 2 amide bonds. The second-order valence-electron chi connectivity index (χ2n) is 10.3. The molecule has 37 heavy (non-hydrogen) atoms. The van der Waals surface area contributed by atoms with E-state index in [0.717, 1.165) is 27.4 Å². The number of carbonyl (C=O) groups excluding carboxylic acids is 2. The lowest BCUT2D eigenvalue weighted by molar-refractivity contribution is -0.126. The van der Waals surface area contributed by atoms with E-state index in [4.69, 9.17) is 11.6 Å². The van der Waals surface area contributed by atoms with Crippen molar-refractivity contribution in [3.63, 3.8) is 0 Å². The van der Waals surface area contributed by atoms with Crippen LogP contribution in [0.2, 0.25) is 5.02 Å². The predicted octanol–water partition coefficient (Wildman–Crippen LogP) is 3.93. The number of carbonyl (C=O) groups is 2. The fraction of sp³-hybridized carbons (Fsp3) is 0.440. The molecule has 0 radical (unpaired) electrons. The normalized spacial score (nSPS) is 17.3. The number of aromatic nitrogens is 4. The van der Waals surface area contributed by atoms with Gasteiger partial charge in [-0.3, -0.25) is 14.7 Å². The van der Waals surface area contributed by atoms with Gasteiger partial charge in [0, 0.05) is 24.0 Å². The number of nitrogens with one attached hydrogen (secondary N) is 3. The molecule has 198 valence electrons. The lowest BCUT2D eigenvalue weighted by Gasteiger charge is -2.20. The third-order valence-electron chi connectivity index (χ3n) is 6.56. The highest BCUT2D eigenvalue weighted by atomic mass is 35.5. The number of fused-ring (bicyclic) bond motifs is 1. The lowest BCUT2D eigenvalue weighted by Crippen LogP contribution is -2.47. The second-order valence-corrected chi connectivity index (χ2v) is 10.7. The largest absolute Gasteiger partial charge is 0.361 e. The van der Waals surface area contributed by atoms with Crippen LogP contribution in [0.1, 0.15) is 48.3 Å². The molecule has 3 heterocycles. The Balaban J connectivity index is 1.52. The van der Waals surface area contributed by atoms with Gasteiger partial charge in [-0.1, -0.05) is 39.0 Å². The molecule has 1 aliphatic heterocycles. The van der Waals surface area contributed by atoms with Gasteiger partial charge in [0.15, 0.2) is 5.82 Å². The highest BCUT2D eigenvalue weighted by Gasteiger charge is 2.50. The number of anilines is 1. The van der Waals surface area contributed by atoms with Gasteiger partial charge in [0.05, 0.1) is 24.3 Å². The van der Waals surface area contributed by atoms with Crippen molar-refractivity contribution in [2.24, 2.45) is 7.05 Å². The number of H-pyrrole nitrogens is 1. The number of hydrogen-bond acceptors (Lipinski definition) is 5. The fourth-order valence-electron chi connectivity index (χ4n) is 4.54. The van der Waals surface area contributed by atoms with E-state index in [0.29, 0.717) is 22.4 Å². The molecule has 0 aliphatic carbocycles. The van der Waals surface area contributed by atoms with Crippen LogP contribution in [0.4, 0.5) is 14.6 Å². The smallest absolute Gasteiger partial charge is 0.286 e. The van der Waals surface area contributed by atoms with Gasteiger partial charge in [-0.2, -0.15) is 5.10 Å². The maximum absolute atomic E-state index is 14.5. The van der Waals surface area contributed by atoms with Crippen LogP contribution in [-0.2, 0) is 23.8 Å². The van der Waals surface area contributed by atoms with Gasteiger partial charge in [0.25, 0.3) is 11.8 Å². The monoisotopic (exact) mass is 533 g/mol. The summed E-state index contributed by atoms with van der Waals surface area (Å²) in [6.45, 7) is 10.4. The first kappa shape index (κ1) is 26.6. The zero-order valence-corrected chi connectivity index (χ0v) is 22.1.